The molecular formula is C24H27F2N7O. The van der Waals surface area contributed by atoms with Crippen molar-refractivity contribution in [3.05, 3.63) is 57.8 Å². The molecule has 1 saturated carbocycles. The largest absolute Gasteiger partial charge is 0.356 e. The fourth-order valence-corrected chi connectivity index (χ4v) is 5.50. The number of nitrogens with zero attached hydrogens (tertiary/aromatic N) is 5. The molecule has 0 aromatic carbocycles. The third-order valence-corrected chi connectivity index (χ3v) is 7.67. The molecule has 3 aromatic heterocycles. The van der Waals surface area contributed by atoms with E-state index >= 15 is 0 Å². The van der Waals surface area contributed by atoms with E-state index in [1.165, 1.54) is 5.56 Å². The zero-order chi connectivity index (χ0) is 23.8. The Morgan fingerprint density at radius 2 is 1.94 bits per heavy atom. The van der Waals surface area contributed by atoms with Crippen LogP contribution in [0.4, 0.5) is 14.6 Å². The number of piperidine rings is 1. The van der Waals surface area contributed by atoms with Gasteiger partial charge in [-0.1, -0.05) is 6.07 Å². The monoisotopic (exact) mass is 467 g/mol. The summed E-state index contributed by atoms with van der Waals surface area (Å²) in [7, 11) is 0. The Hall–Kier alpha value is -3.30. The number of H-pyrrole nitrogens is 1. The van der Waals surface area contributed by atoms with Gasteiger partial charge in [-0.25, -0.2) is 13.8 Å². The quantitative estimate of drug-likeness (QED) is 0.602. The maximum atomic E-state index is 13.5. The van der Waals surface area contributed by atoms with Gasteiger partial charge in [0.05, 0.1) is 47.1 Å². The molecule has 2 fully saturated rings. The molecule has 178 valence electrons. The molecule has 2 aliphatic carbocycles. The van der Waals surface area contributed by atoms with Crippen LogP contribution >= 0.6 is 0 Å². The summed E-state index contributed by atoms with van der Waals surface area (Å²) in [6.07, 6.45) is 3.53. The predicted molar refractivity (Wildman–Crippen MR) is 121 cm³/mol. The first-order valence-electron chi connectivity index (χ1n) is 11.7. The van der Waals surface area contributed by atoms with Crippen LogP contribution in [0.1, 0.15) is 56.7 Å². The van der Waals surface area contributed by atoms with Gasteiger partial charge >= 0.3 is 0 Å². The first-order valence-corrected chi connectivity index (χ1v) is 11.7. The lowest BCUT2D eigenvalue weighted by molar-refractivity contribution is 0.0796. The van der Waals surface area contributed by atoms with Gasteiger partial charge in [-0.3, -0.25) is 14.6 Å². The van der Waals surface area contributed by atoms with Gasteiger partial charge in [0.1, 0.15) is 5.82 Å². The van der Waals surface area contributed by atoms with Gasteiger partial charge in [-0.05, 0) is 50.8 Å². The number of aromatic nitrogens is 5. The number of carbonyl (C=O) groups is 1. The number of amides is 1. The minimum absolute atomic E-state index is 0.0676. The van der Waals surface area contributed by atoms with Crippen molar-refractivity contribution in [1.29, 1.82) is 0 Å². The highest BCUT2D eigenvalue weighted by Crippen LogP contribution is 2.59. The Kier molecular flexibility index (Phi) is 4.59. The van der Waals surface area contributed by atoms with Crippen LogP contribution in [-0.4, -0.2) is 49.9 Å². The number of carbonyl (C=O) groups excluding carboxylic acids is 1. The van der Waals surface area contributed by atoms with E-state index in [9.17, 15) is 13.6 Å². The number of alkyl halides is 2. The van der Waals surface area contributed by atoms with Crippen LogP contribution in [0.2, 0.25) is 0 Å². The molecule has 34 heavy (non-hydrogen) atoms. The minimum atomic E-state index is -2.50. The topological polar surface area (TPSA) is 91.7 Å². The van der Waals surface area contributed by atoms with Crippen molar-refractivity contribution >= 4 is 11.7 Å². The Labute approximate surface area is 195 Å². The molecule has 0 radical (unpaired) electrons. The number of aromatic amines is 1. The Balaban J connectivity index is 1.13. The second-order valence-corrected chi connectivity index (χ2v) is 9.80. The number of nitrogens with one attached hydrogen (secondary N) is 2. The molecule has 0 bridgehead atoms. The number of halogens is 2. The number of hydrogen-bond donors (Lipinski definition) is 2. The number of rotatable bonds is 5. The standard InChI is InChI=1S/C24H27F2N7O/c1-12-15(4-7-21(27-12)32-10-18-19(11-32)24(18,25)26)8-33-9-17(14(3)31-33)23(34)28-20-6-5-16-13(2)29-30-22(16)20/h4,7,9,18-20H,5-6,8,10-11H2,1-3H3,(H,28,34)(H,29,30)/t18?,19?,20-/m1/s1. The lowest BCUT2D eigenvalue weighted by Gasteiger charge is -2.21. The summed E-state index contributed by atoms with van der Waals surface area (Å²) < 4.78 is 28.7. The highest BCUT2D eigenvalue weighted by atomic mass is 19.3. The van der Waals surface area contributed by atoms with Gasteiger partial charge in [0.25, 0.3) is 11.8 Å². The summed E-state index contributed by atoms with van der Waals surface area (Å²) in [6, 6.07) is 3.79. The molecule has 4 heterocycles. The van der Waals surface area contributed by atoms with Crippen molar-refractivity contribution in [2.24, 2.45) is 11.8 Å². The average Bonchev–Trinajstić information content (AvgIpc) is 3.39. The molecule has 10 heteroatoms. The second-order valence-electron chi connectivity index (χ2n) is 9.80. The average molecular weight is 468 g/mol. The third kappa shape index (κ3) is 3.30. The molecule has 3 aromatic rings. The molecule has 1 amide bonds. The van der Waals surface area contributed by atoms with E-state index in [4.69, 9.17) is 0 Å². The summed E-state index contributed by atoms with van der Waals surface area (Å²) in [5, 5.41) is 15.0. The minimum Gasteiger partial charge on any atom is -0.356 e. The lowest BCUT2D eigenvalue weighted by atomic mass is 10.2. The fourth-order valence-electron chi connectivity index (χ4n) is 5.50. The second kappa shape index (κ2) is 7.35. The number of hydrogen-bond acceptors (Lipinski definition) is 5. The third-order valence-electron chi connectivity index (χ3n) is 7.67. The summed E-state index contributed by atoms with van der Waals surface area (Å²) in [5.74, 6) is -2.96. The first-order chi connectivity index (χ1) is 16.2. The summed E-state index contributed by atoms with van der Waals surface area (Å²) >= 11 is 0. The Morgan fingerprint density at radius 3 is 2.68 bits per heavy atom. The van der Waals surface area contributed by atoms with Crippen molar-refractivity contribution in [2.75, 3.05) is 18.0 Å². The molecule has 3 aliphatic rings. The lowest BCUT2D eigenvalue weighted by Crippen LogP contribution is -2.28. The zero-order valence-electron chi connectivity index (χ0n) is 19.4. The molecule has 1 saturated heterocycles. The van der Waals surface area contributed by atoms with E-state index in [0.29, 0.717) is 30.9 Å². The van der Waals surface area contributed by atoms with E-state index in [0.717, 1.165) is 41.3 Å². The van der Waals surface area contributed by atoms with Crippen LogP contribution in [-0.2, 0) is 13.0 Å². The Morgan fingerprint density at radius 1 is 1.18 bits per heavy atom. The number of aryl methyl sites for hydroxylation is 3. The fraction of sp³-hybridized carbons (Fsp3) is 0.500. The molecule has 0 spiro atoms. The highest BCUT2D eigenvalue weighted by molar-refractivity contribution is 5.95. The van der Waals surface area contributed by atoms with Crippen molar-refractivity contribution in [2.45, 2.75) is 52.1 Å². The number of fused-ring (bicyclic) bond motifs is 2. The van der Waals surface area contributed by atoms with Crippen molar-refractivity contribution in [3.8, 4) is 0 Å². The van der Waals surface area contributed by atoms with Crippen LogP contribution in [0.3, 0.4) is 0 Å². The van der Waals surface area contributed by atoms with Gasteiger partial charge in [0.2, 0.25) is 0 Å². The van der Waals surface area contributed by atoms with Gasteiger partial charge in [0, 0.05) is 25.0 Å². The molecule has 1 aliphatic heterocycles. The normalized spacial score (nSPS) is 24.3. The highest BCUT2D eigenvalue weighted by Gasteiger charge is 2.71. The molecular weight excluding hydrogens is 440 g/mol. The molecule has 2 N–H and O–H groups in total. The van der Waals surface area contributed by atoms with Gasteiger partial charge in [0.15, 0.2) is 0 Å². The van der Waals surface area contributed by atoms with Crippen LogP contribution in [0, 0.1) is 32.6 Å². The summed E-state index contributed by atoms with van der Waals surface area (Å²) in [4.78, 5) is 19.6. The molecule has 2 unspecified atom stereocenters. The first kappa shape index (κ1) is 21.2. The van der Waals surface area contributed by atoms with Crippen molar-refractivity contribution in [3.63, 3.8) is 0 Å². The van der Waals surface area contributed by atoms with Crippen molar-refractivity contribution in [1.82, 2.24) is 30.3 Å². The van der Waals surface area contributed by atoms with E-state index in [1.807, 2.05) is 37.8 Å². The van der Waals surface area contributed by atoms with Gasteiger partial charge in [-0.15, -0.1) is 0 Å². The van der Waals surface area contributed by atoms with Crippen LogP contribution < -0.4 is 10.2 Å². The smallest absolute Gasteiger partial charge is 0.258 e. The maximum Gasteiger partial charge on any atom is 0.258 e. The maximum absolute atomic E-state index is 13.5. The van der Waals surface area contributed by atoms with Gasteiger partial charge < -0.3 is 10.2 Å². The van der Waals surface area contributed by atoms with Crippen LogP contribution in [0.15, 0.2) is 18.3 Å². The predicted octanol–water partition coefficient (Wildman–Crippen LogP) is 3.09. The van der Waals surface area contributed by atoms with Crippen molar-refractivity contribution < 1.29 is 13.6 Å². The van der Waals surface area contributed by atoms with E-state index in [-0.39, 0.29) is 11.9 Å². The number of anilines is 1. The Bertz CT molecular complexity index is 1280. The summed E-state index contributed by atoms with van der Waals surface area (Å²) in [6.45, 7) is 6.92. The molecule has 3 atom stereocenters. The number of pyridine rings is 1. The van der Waals surface area contributed by atoms with Crippen LogP contribution in [0.5, 0.6) is 0 Å². The molecule has 6 rings (SSSR count). The van der Waals surface area contributed by atoms with E-state index < -0.39 is 17.8 Å². The zero-order valence-corrected chi connectivity index (χ0v) is 19.4. The van der Waals surface area contributed by atoms with Crippen LogP contribution in [0.25, 0.3) is 0 Å². The summed E-state index contributed by atoms with van der Waals surface area (Å²) in [5.41, 5.74) is 6.20. The SMILES string of the molecule is Cc1nc(N2CC3C(C2)C3(F)F)ccc1Cn1cc(C(=O)N[C@@H]2CCc3c(C)n[nH]c32)c(C)n1. The van der Waals surface area contributed by atoms with E-state index in [1.54, 1.807) is 10.9 Å². The van der Waals surface area contributed by atoms with E-state index in [2.05, 4.69) is 25.6 Å². The van der Waals surface area contributed by atoms with Gasteiger partial charge in [-0.2, -0.15) is 10.2 Å². The molecule has 8 nitrogen and oxygen atoms in total.